The van der Waals surface area contributed by atoms with E-state index in [0.717, 1.165) is 17.9 Å². The monoisotopic (exact) mass is 345 g/mol. The maximum absolute atomic E-state index is 12.1. The lowest BCUT2D eigenvalue weighted by Crippen LogP contribution is -2.43. The molecule has 0 radical (unpaired) electrons. The van der Waals surface area contributed by atoms with Crippen molar-refractivity contribution in [3.05, 3.63) is 54.2 Å². The van der Waals surface area contributed by atoms with Crippen LogP contribution in [-0.4, -0.2) is 48.6 Å². The zero-order valence-electron chi connectivity index (χ0n) is 14.2. The van der Waals surface area contributed by atoms with E-state index in [4.69, 9.17) is 4.74 Å². The molecule has 1 aromatic heterocycles. The summed E-state index contributed by atoms with van der Waals surface area (Å²) in [6.07, 6.45) is 2.48. The zero-order chi connectivity index (χ0) is 17.5. The molecule has 2 N–H and O–H groups in total. The molecular formula is C19H24FN3O2. The largest absolute Gasteiger partial charge is 0.491 e. The van der Waals surface area contributed by atoms with Gasteiger partial charge in [-0.2, -0.15) is 0 Å². The minimum absolute atomic E-state index is 0.0808. The van der Waals surface area contributed by atoms with Crippen LogP contribution in [0.4, 0.5) is 10.2 Å². The van der Waals surface area contributed by atoms with Crippen LogP contribution in [-0.2, 0) is 6.54 Å². The molecule has 1 saturated heterocycles. The molecule has 1 aromatic carbocycles. The number of nitrogens with zero attached hydrogens (tertiary/aromatic N) is 2. The molecule has 0 aliphatic carbocycles. The number of halogens is 1. The van der Waals surface area contributed by atoms with Crippen LogP contribution in [0.3, 0.4) is 0 Å². The highest BCUT2D eigenvalue weighted by atomic mass is 19.1. The highest BCUT2D eigenvalue weighted by Crippen LogP contribution is 2.24. The molecule has 1 aliphatic rings. The molecule has 1 fully saturated rings. The molecular weight excluding hydrogens is 321 g/mol. The molecule has 0 spiro atoms. The van der Waals surface area contributed by atoms with Gasteiger partial charge in [0.15, 0.2) is 0 Å². The van der Waals surface area contributed by atoms with Crippen molar-refractivity contribution in [2.24, 2.45) is 0 Å². The van der Waals surface area contributed by atoms with E-state index in [1.54, 1.807) is 6.20 Å². The van der Waals surface area contributed by atoms with Crippen molar-refractivity contribution in [3.63, 3.8) is 0 Å². The summed E-state index contributed by atoms with van der Waals surface area (Å²) in [6, 6.07) is 13.4. The van der Waals surface area contributed by atoms with Gasteiger partial charge in [-0.25, -0.2) is 9.37 Å². The van der Waals surface area contributed by atoms with Crippen LogP contribution in [0, 0.1) is 0 Å². The first-order chi connectivity index (χ1) is 12.2. The van der Waals surface area contributed by atoms with Gasteiger partial charge in [-0.05, 0) is 36.2 Å². The molecule has 0 bridgehead atoms. The van der Waals surface area contributed by atoms with E-state index in [-0.39, 0.29) is 6.61 Å². The molecule has 2 heterocycles. The molecule has 1 atom stereocenters. The van der Waals surface area contributed by atoms with Crippen LogP contribution in [0.15, 0.2) is 48.7 Å². The van der Waals surface area contributed by atoms with Gasteiger partial charge < -0.3 is 20.1 Å². The number of hydrogen-bond acceptors (Lipinski definition) is 5. The van der Waals surface area contributed by atoms with Crippen molar-refractivity contribution in [1.82, 2.24) is 10.3 Å². The summed E-state index contributed by atoms with van der Waals surface area (Å²) in [4.78, 5) is 6.45. The molecule has 25 heavy (non-hydrogen) atoms. The van der Waals surface area contributed by atoms with Crippen molar-refractivity contribution in [2.75, 3.05) is 37.8 Å². The third-order valence-corrected chi connectivity index (χ3v) is 4.36. The SMILES string of the molecule is OC1(CNCc2ccc(OCCF)cc2)CCN(c2ccccn2)C1. The lowest BCUT2D eigenvalue weighted by atomic mass is 10.0. The Morgan fingerprint density at radius 3 is 2.80 bits per heavy atom. The number of pyridine rings is 1. The standard InChI is InChI=1S/C19H24FN3O2/c20-9-12-25-17-6-4-16(5-7-17)13-21-14-19(24)8-11-23(15-19)18-3-1-2-10-22-18/h1-7,10,21,24H,8-9,11-15H2. The molecule has 0 amide bonds. The molecule has 6 heteroatoms. The van der Waals surface area contributed by atoms with Crippen LogP contribution in [0.2, 0.25) is 0 Å². The van der Waals surface area contributed by atoms with Gasteiger partial charge in [0.25, 0.3) is 0 Å². The van der Waals surface area contributed by atoms with Crippen molar-refractivity contribution in [3.8, 4) is 5.75 Å². The highest BCUT2D eigenvalue weighted by molar-refractivity contribution is 5.40. The number of ether oxygens (including phenoxy) is 1. The number of nitrogens with one attached hydrogen (secondary N) is 1. The fraction of sp³-hybridized carbons (Fsp3) is 0.421. The van der Waals surface area contributed by atoms with Crippen molar-refractivity contribution < 1.29 is 14.2 Å². The lowest BCUT2D eigenvalue weighted by Gasteiger charge is -2.24. The number of rotatable bonds is 8. The molecule has 0 saturated carbocycles. The normalized spacial score (nSPS) is 20.0. The van der Waals surface area contributed by atoms with E-state index in [9.17, 15) is 9.50 Å². The maximum atomic E-state index is 12.1. The highest BCUT2D eigenvalue weighted by Gasteiger charge is 2.36. The smallest absolute Gasteiger partial charge is 0.128 e. The van der Waals surface area contributed by atoms with Crippen molar-refractivity contribution in [2.45, 2.75) is 18.6 Å². The van der Waals surface area contributed by atoms with E-state index >= 15 is 0 Å². The third kappa shape index (κ3) is 4.90. The van der Waals surface area contributed by atoms with E-state index in [1.807, 2.05) is 42.5 Å². The molecule has 1 unspecified atom stereocenters. The average Bonchev–Trinajstić information content (AvgIpc) is 3.04. The van der Waals surface area contributed by atoms with Gasteiger partial charge in [-0.15, -0.1) is 0 Å². The Morgan fingerprint density at radius 2 is 2.08 bits per heavy atom. The summed E-state index contributed by atoms with van der Waals surface area (Å²) in [5, 5.41) is 14.1. The van der Waals surface area contributed by atoms with Crippen LogP contribution >= 0.6 is 0 Å². The molecule has 3 rings (SSSR count). The average molecular weight is 345 g/mol. The summed E-state index contributed by atoms with van der Waals surface area (Å²) in [7, 11) is 0. The Morgan fingerprint density at radius 1 is 1.24 bits per heavy atom. The summed E-state index contributed by atoms with van der Waals surface area (Å²) in [6.45, 7) is 2.16. The predicted octanol–water partition coefficient (Wildman–Crippen LogP) is 2.16. The van der Waals surface area contributed by atoms with Gasteiger partial charge in [0.1, 0.15) is 24.8 Å². The fourth-order valence-electron chi connectivity index (χ4n) is 3.04. The predicted molar refractivity (Wildman–Crippen MR) is 95.6 cm³/mol. The Balaban J connectivity index is 1.45. The first-order valence-corrected chi connectivity index (χ1v) is 8.55. The van der Waals surface area contributed by atoms with Gasteiger partial charge in [-0.1, -0.05) is 18.2 Å². The number of aliphatic hydroxyl groups is 1. The molecule has 5 nitrogen and oxygen atoms in total. The Labute approximate surface area is 147 Å². The second kappa shape index (κ2) is 8.27. The van der Waals surface area contributed by atoms with E-state index in [0.29, 0.717) is 31.8 Å². The lowest BCUT2D eigenvalue weighted by molar-refractivity contribution is 0.0626. The van der Waals surface area contributed by atoms with Crippen LogP contribution in [0.25, 0.3) is 0 Å². The number of alkyl halides is 1. The topological polar surface area (TPSA) is 57.6 Å². The fourth-order valence-corrected chi connectivity index (χ4v) is 3.04. The second-order valence-electron chi connectivity index (χ2n) is 6.37. The number of β-amino-alcohol motifs (C(OH)–C–C–N with tert-alkyl or cyclic N) is 1. The molecule has 1 aliphatic heterocycles. The number of aromatic nitrogens is 1. The quantitative estimate of drug-likeness (QED) is 0.768. The van der Waals surface area contributed by atoms with Gasteiger partial charge >= 0.3 is 0 Å². The Hall–Kier alpha value is -2.18. The zero-order valence-corrected chi connectivity index (χ0v) is 14.2. The summed E-state index contributed by atoms with van der Waals surface area (Å²) >= 11 is 0. The Bertz CT molecular complexity index is 653. The van der Waals surface area contributed by atoms with Crippen LogP contribution in [0.5, 0.6) is 5.75 Å². The van der Waals surface area contributed by atoms with Gasteiger partial charge in [0.2, 0.25) is 0 Å². The molecule has 2 aromatic rings. The van der Waals surface area contributed by atoms with Gasteiger partial charge in [-0.3, -0.25) is 0 Å². The minimum Gasteiger partial charge on any atom is -0.491 e. The van der Waals surface area contributed by atoms with Gasteiger partial charge in [0, 0.05) is 32.4 Å². The number of benzene rings is 1. The molecule has 134 valence electrons. The van der Waals surface area contributed by atoms with Crippen molar-refractivity contribution >= 4 is 5.82 Å². The first-order valence-electron chi connectivity index (χ1n) is 8.55. The summed E-state index contributed by atoms with van der Waals surface area (Å²) < 4.78 is 17.3. The number of anilines is 1. The Kier molecular flexibility index (Phi) is 5.83. The summed E-state index contributed by atoms with van der Waals surface area (Å²) in [5.41, 5.74) is 0.345. The maximum Gasteiger partial charge on any atom is 0.128 e. The first kappa shape index (κ1) is 17.6. The summed E-state index contributed by atoms with van der Waals surface area (Å²) in [5.74, 6) is 1.57. The van der Waals surface area contributed by atoms with E-state index < -0.39 is 12.3 Å². The van der Waals surface area contributed by atoms with Gasteiger partial charge in [0.05, 0.1) is 5.60 Å². The minimum atomic E-state index is -0.748. The second-order valence-corrected chi connectivity index (χ2v) is 6.37. The van der Waals surface area contributed by atoms with E-state index in [1.165, 1.54) is 0 Å². The van der Waals surface area contributed by atoms with Crippen LogP contribution in [0.1, 0.15) is 12.0 Å². The number of hydrogen-bond donors (Lipinski definition) is 2. The van der Waals surface area contributed by atoms with Crippen LogP contribution < -0.4 is 15.0 Å². The van der Waals surface area contributed by atoms with Crippen molar-refractivity contribution in [1.29, 1.82) is 0 Å². The third-order valence-electron chi connectivity index (χ3n) is 4.36. The van der Waals surface area contributed by atoms with E-state index in [2.05, 4.69) is 15.2 Å².